The van der Waals surface area contributed by atoms with Crippen LogP contribution in [-0.4, -0.2) is 34.7 Å². The molecule has 1 heterocycles. The minimum Gasteiger partial charge on any atom is -0.460 e. The molecule has 0 aromatic carbocycles. The molecular formula is C10H28O2Si4. The highest BCUT2D eigenvalue weighted by atomic mass is 28.5. The van der Waals surface area contributed by atoms with Gasteiger partial charge in [0.2, 0.25) is 0 Å². The Morgan fingerprint density at radius 3 is 1.94 bits per heavy atom. The molecule has 0 spiro atoms. The van der Waals surface area contributed by atoms with Crippen molar-refractivity contribution in [2.24, 2.45) is 0 Å². The maximum absolute atomic E-state index is 6.68. The molecule has 0 N–H and O–H groups in total. The normalized spacial score (nSPS) is 33.0. The first kappa shape index (κ1) is 14.8. The van der Waals surface area contributed by atoms with Crippen LogP contribution in [0.25, 0.3) is 0 Å². The van der Waals surface area contributed by atoms with Crippen LogP contribution in [0.1, 0.15) is 13.8 Å². The molecule has 1 rings (SSSR count). The van der Waals surface area contributed by atoms with Gasteiger partial charge in [0, 0.05) is 4.66 Å². The van der Waals surface area contributed by atoms with Crippen LogP contribution in [0.5, 0.6) is 0 Å². The van der Waals surface area contributed by atoms with Gasteiger partial charge in [-0.1, -0.05) is 13.8 Å². The first-order chi connectivity index (χ1) is 6.91. The molecule has 0 aromatic rings. The van der Waals surface area contributed by atoms with Gasteiger partial charge in [0.1, 0.15) is 9.76 Å². The van der Waals surface area contributed by atoms with E-state index in [1.54, 1.807) is 0 Å². The first-order valence-electron chi connectivity index (χ1n) is 6.25. The molecule has 16 heavy (non-hydrogen) atoms. The summed E-state index contributed by atoms with van der Waals surface area (Å²) < 4.78 is 13.4. The topological polar surface area (TPSA) is 18.5 Å². The Morgan fingerprint density at radius 2 is 1.44 bits per heavy atom. The van der Waals surface area contributed by atoms with Crippen molar-refractivity contribution in [3.8, 4) is 0 Å². The van der Waals surface area contributed by atoms with Crippen molar-refractivity contribution in [2.45, 2.75) is 63.5 Å². The Kier molecular flexibility index (Phi) is 3.87. The summed E-state index contributed by atoms with van der Waals surface area (Å²) in [6.07, 6.45) is 0. The maximum Gasteiger partial charge on any atom is 0.178 e. The third-order valence-corrected chi connectivity index (χ3v) is 27.9. The molecule has 2 nitrogen and oxygen atoms in total. The van der Waals surface area contributed by atoms with Gasteiger partial charge < -0.3 is 8.23 Å². The molecule has 6 heteroatoms. The fraction of sp³-hybridized carbons (Fsp3) is 1.00. The monoisotopic (exact) mass is 292 g/mol. The Bertz CT molecular complexity index is 274. The summed E-state index contributed by atoms with van der Waals surface area (Å²) in [6, 6.07) is 0. The van der Waals surface area contributed by atoms with Crippen LogP contribution in [0.4, 0.5) is 0 Å². The largest absolute Gasteiger partial charge is 0.460 e. The standard InChI is InChI=1S/C10H28O2Si4/c1-10(2)15(5,6)11-13-9-14(3,4)12-16(10,7)8/h9,13H2,1-8H3. The molecule has 0 bridgehead atoms. The van der Waals surface area contributed by atoms with Gasteiger partial charge in [0.25, 0.3) is 0 Å². The van der Waals surface area contributed by atoms with E-state index in [1.165, 1.54) is 5.67 Å². The zero-order chi connectivity index (χ0) is 12.8. The Labute approximate surface area is 106 Å². The average Bonchev–Trinajstić information content (AvgIpc) is 1.98. The van der Waals surface area contributed by atoms with Crippen LogP contribution >= 0.6 is 0 Å². The summed E-state index contributed by atoms with van der Waals surface area (Å²) in [7, 11) is -5.02. The van der Waals surface area contributed by atoms with Gasteiger partial charge in [-0.3, -0.25) is 0 Å². The van der Waals surface area contributed by atoms with Crippen LogP contribution in [0, 0.1) is 0 Å². The van der Waals surface area contributed by atoms with E-state index in [0.717, 1.165) is 0 Å². The summed E-state index contributed by atoms with van der Waals surface area (Å²) in [5, 5.41) is 0. The Balaban J connectivity index is 3.10. The van der Waals surface area contributed by atoms with Gasteiger partial charge in [-0.2, -0.15) is 0 Å². The van der Waals surface area contributed by atoms with E-state index in [-0.39, 0.29) is 9.76 Å². The molecule has 1 saturated heterocycles. The fourth-order valence-electron chi connectivity index (χ4n) is 2.33. The lowest BCUT2D eigenvalue weighted by molar-refractivity contribution is 0.468. The van der Waals surface area contributed by atoms with Crippen molar-refractivity contribution in [3.63, 3.8) is 0 Å². The van der Waals surface area contributed by atoms with E-state index < -0.39 is 25.0 Å². The highest BCUT2D eigenvalue weighted by Gasteiger charge is 2.56. The smallest absolute Gasteiger partial charge is 0.178 e. The predicted octanol–water partition coefficient (Wildman–Crippen LogP) is 3.01. The number of hydrogen-bond donors (Lipinski definition) is 0. The molecular weight excluding hydrogens is 264 g/mol. The molecule has 0 amide bonds. The third-order valence-electron chi connectivity index (χ3n) is 4.71. The van der Waals surface area contributed by atoms with Gasteiger partial charge in [-0.15, -0.1) is 0 Å². The second-order valence-corrected chi connectivity index (χ2v) is 24.0. The molecule has 0 aliphatic carbocycles. The molecule has 1 aliphatic rings. The highest BCUT2D eigenvalue weighted by Crippen LogP contribution is 2.48. The molecule has 1 aliphatic heterocycles. The van der Waals surface area contributed by atoms with E-state index in [0.29, 0.717) is 4.66 Å². The van der Waals surface area contributed by atoms with E-state index in [1.807, 2.05) is 0 Å². The van der Waals surface area contributed by atoms with Crippen molar-refractivity contribution in [2.75, 3.05) is 0 Å². The zero-order valence-corrected chi connectivity index (χ0v) is 16.6. The van der Waals surface area contributed by atoms with Gasteiger partial charge in [0.05, 0.1) is 0 Å². The molecule has 0 atom stereocenters. The van der Waals surface area contributed by atoms with Crippen LogP contribution in [0.2, 0.25) is 49.6 Å². The van der Waals surface area contributed by atoms with Gasteiger partial charge in [-0.05, 0) is 44.9 Å². The molecule has 0 unspecified atom stereocenters. The van der Waals surface area contributed by atoms with E-state index in [4.69, 9.17) is 8.23 Å². The van der Waals surface area contributed by atoms with Crippen LogP contribution < -0.4 is 0 Å². The Hall–Kier alpha value is 0.788. The lowest BCUT2D eigenvalue weighted by atomic mass is 10.5. The minimum absolute atomic E-state index is 0.303. The zero-order valence-electron chi connectivity index (χ0n) is 12.2. The van der Waals surface area contributed by atoms with Crippen molar-refractivity contribution < 1.29 is 8.23 Å². The minimum atomic E-state index is -1.65. The number of rotatable bonds is 0. The van der Waals surface area contributed by atoms with E-state index in [9.17, 15) is 0 Å². The third kappa shape index (κ3) is 2.61. The van der Waals surface area contributed by atoms with Gasteiger partial charge >= 0.3 is 0 Å². The summed E-state index contributed by atoms with van der Waals surface area (Å²) in [5.74, 6) is 0. The lowest BCUT2D eigenvalue weighted by Gasteiger charge is -2.53. The molecule has 1 fully saturated rings. The first-order valence-corrected chi connectivity index (χ1v) is 16.8. The van der Waals surface area contributed by atoms with Crippen LogP contribution in [0.15, 0.2) is 0 Å². The van der Waals surface area contributed by atoms with Crippen molar-refractivity contribution in [3.05, 3.63) is 0 Å². The van der Waals surface area contributed by atoms with Gasteiger partial charge in [-0.25, -0.2) is 0 Å². The molecule has 0 saturated carbocycles. The lowest BCUT2D eigenvalue weighted by Crippen LogP contribution is -2.63. The predicted molar refractivity (Wildman–Crippen MR) is 82.0 cm³/mol. The molecule has 96 valence electrons. The van der Waals surface area contributed by atoms with Crippen molar-refractivity contribution in [1.82, 2.24) is 0 Å². The second-order valence-electron chi connectivity index (χ2n) is 7.11. The van der Waals surface area contributed by atoms with Crippen molar-refractivity contribution in [1.29, 1.82) is 0 Å². The maximum atomic E-state index is 6.68. The Morgan fingerprint density at radius 1 is 0.938 bits per heavy atom. The van der Waals surface area contributed by atoms with Crippen LogP contribution in [0.3, 0.4) is 0 Å². The molecule has 0 radical (unpaired) electrons. The van der Waals surface area contributed by atoms with Crippen molar-refractivity contribution >= 4 is 34.7 Å². The summed E-state index contributed by atoms with van der Waals surface area (Å²) >= 11 is 0. The average molecular weight is 293 g/mol. The molecule has 0 aromatic heterocycles. The van der Waals surface area contributed by atoms with Gasteiger partial charge in [0.15, 0.2) is 25.0 Å². The number of hydrogen-bond acceptors (Lipinski definition) is 2. The van der Waals surface area contributed by atoms with E-state index >= 15 is 0 Å². The summed E-state index contributed by atoms with van der Waals surface area (Å²) in [4.78, 5) is 0. The summed E-state index contributed by atoms with van der Waals surface area (Å²) in [5.41, 5.74) is 1.29. The van der Waals surface area contributed by atoms with E-state index in [2.05, 4.69) is 53.1 Å². The van der Waals surface area contributed by atoms with Crippen LogP contribution in [-0.2, 0) is 8.23 Å². The SMILES string of the molecule is CC1(C)[Si](C)(C)O[SiH2]C[Si](C)(C)O[Si]1(C)C. The summed E-state index contributed by atoms with van der Waals surface area (Å²) in [6.45, 7) is 19.1. The fourth-order valence-corrected chi connectivity index (χ4v) is 23.9. The second kappa shape index (κ2) is 4.17. The highest BCUT2D eigenvalue weighted by molar-refractivity contribution is 7.01. The quantitative estimate of drug-likeness (QED) is 0.639.